The first-order chi connectivity index (χ1) is 7.58. The summed E-state index contributed by atoms with van der Waals surface area (Å²) in [7, 11) is 0. The molecule has 1 rings (SSSR count). The summed E-state index contributed by atoms with van der Waals surface area (Å²) in [5.74, 6) is 1.58. The molecule has 0 N–H and O–H groups in total. The second-order valence-corrected chi connectivity index (χ2v) is 5.65. The molecular weight excluding hydrogens is 200 g/mol. The van der Waals surface area contributed by atoms with Crippen LogP contribution in [-0.2, 0) is 9.47 Å². The van der Waals surface area contributed by atoms with Gasteiger partial charge in [0.15, 0.2) is 0 Å². The highest BCUT2D eigenvalue weighted by atomic mass is 16.5. The van der Waals surface area contributed by atoms with E-state index in [2.05, 4.69) is 27.7 Å². The third-order valence-electron chi connectivity index (χ3n) is 3.30. The molecule has 0 aromatic heterocycles. The van der Waals surface area contributed by atoms with Gasteiger partial charge in [0.2, 0.25) is 0 Å². The van der Waals surface area contributed by atoms with E-state index in [0.717, 1.165) is 25.0 Å². The fraction of sp³-hybridized carbons (Fsp3) is 1.00. The zero-order valence-electron chi connectivity index (χ0n) is 11.4. The van der Waals surface area contributed by atoms with Crippen LogP contribution in [-0.4, -0.2) is 25.4 Å². The molecule has 0 saturated heterocycles. The maximum atomic E-state index is 5.68. The molecule has 2 nitrogen and oxygen atoms in total. The lowest BCUT2D eigenvalue weighted by molar-refractivity contribution is 0.0129. The topological polar surface area (TPSA) is 18.5 Å². The predicted molar refractivity (Wildman–Crippen MR) is 67.6 cm³/mol. The first kappa shape index (κ1) is 14.0. The summed E-state index contributed by atoms with van der Waals surface area (Å²) in [5.41, 5.74) is 0. The van der Waals surface area contributed by atoms with Gasteiger partial charge >= 0.3 is 0 Å². The average molecular weight is 228 g/mol. The fourth-order valence-corrected chi connectivity index (χ4v) is 2.22. The van der Waals surface area contributed by atoms with E-state index in [4.69, 9.17) is 9.47 Å². The van der Waals surface area contributed by atoms with E-state index in [-0.39, 0.29) is 0 Å². The van der Waals surface area contributed by atoms with Crippen molar-refractivity contribution in [3.8, 4) is 0 Å². The zero-order chi connectivity index (χ0) is 12.0. The molecule has 1 saturated carbocycles. The normalized spacial score (nSPS) is 26.6. The van der Waals surface area contributed by atoms with Crippen LogP contribution in [0.3, 0.4) is 0 Å². The Labute approximate surface area is 101 Å². The molecule has 0 aromatic carbocycles. The second-order valence-electron chi connectivity index (χ2n) is 5.65. The summed E-state index contributed by atoms with van der Waals surface area (Å²) >= 11 is 0. The summed E-state index contributed by atoms with van der Waals surface area (Å²) in [6.45, 7) is 10.4. The van der Waals surface area contributed by atoms with Crippen molar-refractivity contribution in [3.63, 3.8) is 0 Å². The van der Waals surface area contributed by atoms with Crippen LogP contribution in [0.4, 0.5) is 0 Å². The van der Waals surface area contributed by atoms with E-state index >= 15 is 0 Å². The minimum absolute atomic E-state index is 0.377. The lowest BCUT2D eigenvalue weighted by Crippen LogP contribution is -2.23. The molecule has 0 heterocycles. The molecule has 0 radical (unpaired) electrons. The predicted octanol–water partition coefficient (Wildman–Crippen LogP) is 3.64. The number of hydrogen-bond donors (Lipinski definition) is 0. The first-order valence-electron chi connectivity index (χ1n) is 6.81. The lowest BCUT2D eigenvalue weighted by atomic mass is 9.83. The van der Waals surface area contributed by atoms with Crippen molar-refractivity contribution in [2.45, 2.75) is 65.6 Å². The highest BCUT2D eigenvalue weighted by Crippen LogP contribution is 2.29. The smallest absolute Gasteiger partial charge is 0.0519 e. The van der Waals surface area contributed by atoms with Crippen LogP contribution in [0.5, 0.6) is 0 Å². The Hall–Kier alpha value is -0.0800. The molecule has 0 unspecified atom stereocenters. The van der Waals surface area contributed by atoms with E-state index in [9.17, 15) is 0 Å². The van der Waals surface area contributed by atoms with Crippen molar-refractivity contribution in [3.05, 3.63) is 0 Å². The summed E-state index contributed by atoms with van der Waals surface area (Å²) in [5, 5.41) is 0. The van der Waals surface area contributed by atoms with Crippen LogP contribution in [0, 0.1) is 11.8 Å². The van der Waals surface area contributed by atoms with Gasteiger partial charge in [-0.1, -0.05) is 0 Å². The van der Waals surface area contributed by atoms with E-state index < -0.39 is 0 Å². The van der Waals surface area contributed by atoms with Gasteiger partial charge in [-0.2, -0.15) is 0 Å². The number of rotatable bonds is 6. The van der Waals surface area contributed by atoms with Crippen LogP contribution < -0.4 is 0 Å². The molecule has 0 bridgehead atoms. The Morgan fingerprint density at radius 3 is 1.31 bits per heavy atom. The van der Waals surface area contributed by atoms with Crippen LogP contribution >= 0.6 is 0 Å². The Morgan fingerprint density at radius 1 is 0.750 bits per heavy atom. The first-order valence-corrected chi connectivity index (χ1v) is 6.81. The molecule has 1 aliphatic rings. The Kier molecular flexibility index (Phi) is 6.37. The van der Waals surface area contributed by atoms with E-state index in [0.29, 0.717) is 12.2 Å². The summed E-state index contributed by atoms with van der Waals surface area (Å²) in [6.07, 6.45) is 6.03. The van der Waals surface area contributed by atoms with Gasteiger partial charge in [0.05, 0.1) is 12.2 Å². The molecule has 0 aromatic rings. The van der Waals surface area contributed by atoms with Gasteiger partial charge in [-0.25, -0.2) is 0 Å². The molecule has 2 heteroatoms. The summed E-state index contributed by atoms with van der Waals surface area (Å²) in [4.78, 5) is 0. The number of hydrogen-bond acceptors (Lipinski definition) is 2. The largest absolute Gasteiger partial charge is 0.379 e. The zero-order valence-corrected chi connectivity index (χ0v) is 11.4. The van der Waals surface area contributed by atoms with Crippen molar-refractivity contribution < 1.29 is 9.47 Å². The minimum atomic E-state index is 0.377. The molecule has 0 spiro atoms. The average Bonchev–Trinajstić information content (AvgIpc) is 2.25. The molecule has 1 fully saturated rings. The van der Waals surface area contributed by atoms with Gasteiger partial charge in [0.1, 0.15) is 0 Å². The Bertz CT molecular complexity index is 150. The third-order valence-corrected chi connectivity index (χ3v) is 3.30. The fourth-order valence-electron chi connectivity index (χ4n) is 2.22. The van der Waals surface area contributed by atoms with Crippen molar-refractivity contribution in [2.75, 3.05) is 13.2 Å². The van der Waals surface area contributed by atoms with Gasteiger partial charge in [0.25, 0.3) is 0 Å². The van der Waals surface area contributed by atoms with Crippen LogP contribution in [0.15, 0.2) is 0 Å². The quantitative estimate of drug-likeness (QED) is 0.691. The van der Waals surface area contributed by atoms with Crippen molar-refractivity contribution in [1.29, 1.82) is 0 Å². The molecule has 96 valence electrons. The van der Waals surface area contributed by atoms with E-state index in [1.165, 1.54) is 25.7 Å². The maximum absolute atomic E-state index is 5.68. The molecule has 1 aliphatic carbocycles. The highest BCUT2D eigenvalue weighted by molar-refractivity contribution is 4.72. The maximum Gasteiger partial charge on any atom is 0.0519 e. The molecule has 0 aliphatic heterocycles. The molecule has 0 amide bonds. The monoisotopic (exact) mass is 228 g/mol. The molecule has 0 atom stereocenters. The van der Waals surface area contributed by atoms with Gasteiger partial charge in [0, 0.05) is 13.2 Å². The van der Waals surface area contributed by atoms with E-state index in [1.807, 2.05) is 0 Å². The minimum Gasteiger partial charge on any atom is -0.379 e. The van der Waals surface area contributed by atoms with Gasteiger partial charge in [-0.15, -0.1) is 0 Å². The SMILES string of the molecule is CC(C)OC[C@H]1CC[C@H](COC(C)C)CC1. The highest BCUT2D eigenvalue weighted by Gasteiger charge is 2.21. The van der Waals surface area contributed by atoms with Crippen molar-refractivity contribution in [1.82, 2.24) is 0 Å². The van der Waals surface area contributed by atoms with Crippen molar-refractivity contribution >= 4 is 0 Å². The summed E-state index contributed by atoms with van der Waals surface area (Å²) in [6, 6.07) is 0. The van der Waals surface area contributed by atoms with E-state index in [1.54, 1.807) is 0 Å². The van der Waals surface area contributed by atoms with Gasteiger partial charge < -0.3 is 9.47 Å². The van der Waals surface area contributed by atoms with Gasteiger partial charge in [-0.05, 0) is 65.2 Å². The van der Waals surface area contributed by atoms with Crippen LogP contribution in [0.2, 0.25) is 0 Å². The van der Waals surface area contributed by atoms with Crippen LogP contribution in [0.25, 0.3) is 0 Å². The second kappa shape index (κ2) is 7.29. The Morgan fingerprint density at radius 2 is 1.06 bits per heavy atom. The molecular formula is C14H28O2. The number of ether oxygens (including phenoxy) is 2. The van der Waals surface area contributed by atoms with Gasteiger partial charge in [-0.3, -0.25) is 0 Å². The van der Waals surface area contributed by atoms with Crippen molar-refractivity contribution in [2.24, 2.45) is 11.8 Å². The van der Waals surface area contributed by atoms with Crippen LogP contribution in [0.1, 0.15) is 53.4 Å². The standard InChI is InChI=1S/C14H28O2/c1-11(2)15-9-13-5-7-14(8-6-13)10-16-12(3)4/h11-14H,5-10H2,1-4H3/t13-,14-. The lowest BCUT2D eigenvalue weighted by Gasteiger charge is -2.29. The molecule has 16 heavy (non-hydrogen) atoms. The Balaban J connectivity index is 2.09. The third kappa shape index (κ3) is 5.86. The summed E-state index contributed by atoms with van der Waals surface area (Å²) < 4.78 is 11.4.